The zero-order valence-electron chi connectivity index (χ0n) is 15.4. The van der Waals surface area contributed by atoms with Gasteiger partial charge in [0.1, 0.15) is 53.9 Å². The lowest BCUT2D eigenvalue weighted by Gasteiger charge is -2.08. The Morgan fingerprint density at radius 1 is 0.484 bits per heavy atom. The summed E-state index contributed by atoms with van der Waals surface area (Å²) < 4.78 is 1.34. The van der Waals surface area contributed by atoms with E-state index in [1.165, 1.54) is 11.6 Å². The lowest BCUT2D eigenvalue weighted by atomic mass is 10.1. The van der Waals surface area contributed by atoms with E-state index in [1.807, 2.05) is 12.1 Å². The van der Waals surface area contributed by atoms with Crippen molar-refractivity contribution in [2.75, 3.05) is 0 Å². The Balaban J connectivity index is 2.47. The van der Waals surface area contributed by atoms with Crippen LogP contribution in [0.2, 0.25) is 0 Å². The van der Waals surface area contributed by atoms with Crippen LogP contribution in [0.1, 0.15) is 34.2 Å². The van der Waals surface area contributed by atoms with Gasteiger partial charge in [0.2, 0.25) is 5.69 Å². The molecular formula is C19H3N12+. The van der Waals surface area contributed by atoms with Crippen molar-refractivity contribution in [1.29, 1.82) is 31.6 Å². The van der Waals surface area contributed by atoms with Crippen molar-refractivity contribution in [2.45, 2.75) is 0 Å². The molecule has 0 bridgehead atoms. The standard InChI is InChI=1S/C19H3N12/c1-31-13(7-25)12(6-24)30-18-16-14(26-8(2-20)9(3-21)27-16)15-17(19(18)31)29-11(5-23)10(4-22)28-15/h1H3/q+1. The van der Waals surface area contributed by atoms with Gasteiger partial charge >= 0.3 is 5.69 Å². The number of fused-ring (bicyclic) bond motifs is 6. The summed E-state index contributed by atoms with van der Waals surface area (Å²) in [5.74, 6) is 0. The number of aromatic nitrogens is 6. The third-order valence-electron chi connectivity index (χ3n) is 4.44. The minimum absolute atomic E-state index is 0.00707. The van der Waals surface area contributed by atoms with Crippen LogP contribution in [0.4, 0.5) is 0 Å². The van der Waals surface area contributed by atoms with Gasteiger partial charge in [0.25, 0.3) is 5.52 Å². The van der Waals surface area contributed by atoms with Gasteiger partial charge in [-0.15, -0.1) is 0 Å². The van der Waals surface area contributed by atoms with Crippen LogP contribution in [0, 0.1) is 68.0 Å². The molecule has 0 aliphatic heterocycles. The van der Waals surface area contributed by atoms with E-state index >= 15 is 0 Å². The Kier molecular flexibility index (Phi) is 3.98. The summed E-state index contributed by atoms with van der Waals surface area (Å²) in [6, 6.07) is 10.8. The van der Waals surface area contributed by atoms with E-state index in [-0.39, 0.29) is 67.3 Å². The van der Waals surface area contributed by atoms with Crippen molar-refractivity contribution in [3.05, 3.63) is 34.2 Å². The second kappa shape index (κ2) is 6.66. The molecule has 0 atom stereocenters. The van der Waals surface area contributed by atoms with Gasteiger partial charge in [-0.25, -0.2) is 24.9 Å². The molecule has 0 saturated heterocycles. The number of hydrogen-bond acceptors (Lipinski definition) is 11. The van der Waals surface area contributed by atoms with Crippen LogP contribution in [-0.4, -0.2) is 24.9 Å². The van der Waals surface area contributed by atoms with Crippen LogP contribution in [0.15, 0.2) is 0 Å². The highest BCUT2D eigenvalue weighted by molar-refractivity contribution is 6.17. The molecule has 31 heavy (non-hydrogen) atoms. The molecule has 1 aromatic carbocycles. The SMILES string of the molecule is C[n+]1c(C#N)c(C#N)nc2c3nc(C#N)c(C#N)nc3c3nc(C#N)c(C#N)nc3c21. The summed E-state index contributed by atoms with van der Waals surface area (Å²) >= 11 is 0. The first-order valence-electron chi connectivity index (χ1n) is 8.22. The van der Waals surface area contributed by atoms with Gasteiger partial charge in [0, 0.05) is 0 Å². The zero-order chi connectivity index (χ0) is 22.3. The van der Waals surface area contributed by atoms with Gasteiger partial charge in [-0.1, -0.05) is 0 Å². The molecule has 0 aliphatic carbocycles. The third kappa shape index (κ3) is 2.42. The molecule has 4 aromatic rings. The highest BCUT2D eigenvalue weighted by Crippen LogP contribution is 2.30. The molecular weight excluding hydrogens is 396 g/mol. The highest BCUT2D eigenvalue weighted by Gasteiger charge is 2.29. The van der Waals surface area contributed by atoms with E-state index in [4.69, 9.17) is 0 Å². The quantitative estimate of drug-likeness (QED) is 0.287. The average Bonchev–Trinajstić information content (AvgIpc) is 2.81. The number of nitrogens with zero attached hydrogens (tertiary/aromatic N) is 12. The maximum Gasteiger partial charge on any atom is 0.320 e. The first-order chi connectivity index (χ1) is 15.0. The fourth-order valence-corrected chi connectivity index (χ4v) is 3.13. The summed E-state index contributed by atoms with van der Waals surface area (Å²) in [5.41, 5.74) is -0.993. The molecule has 0 spiro atoms. The van der Waals surface area contributed by atoms with E-state index < -0.39 is 0 Å². The Hall–Kier alpha value is -5.82. The Labute approximate surface area is 172 Å². The van der Waals surface area contributed by atoms with E-state index in [2.05, 4.69) is 24.9 Å². The molecule has 3 heterocycles. The van der Waals surface area contributed by atoms with Crippen molar-refractivity contribution >= 4 is 33.1 Å². The minimum Gasteiger partial charge on any atom is -0.230 e. The predicted octanol–water partition coefficient (Wildman–Crippen LogP) is 0.176. The molecule has 12 heteroatoms. The lowest BCUT2D eigenvalue weighted by molar-refractivity contribution is -0.647. The van der Waals surface area contributed by atoms with Crippen LogP contribution in [-0.2, 0) is 7.05 Å². The van der Waals surface area contributed by atoms with Crippen molar-refractivity contribution in [2.24, 2.45) is 7.05 Å². The van der Waals surface area contributed by atoms with Gasteiger partial charge in [0.15, 0.2) is 39.9 Å². The zero-order valence-corrected chi connectivity index (χ0v) is 15.4. The van der Waals surface area contributed by atoms with Gasteiger partial charge in [-0.2, -0.15) is 36.1 Å². The van der Waals surface area contributed by atoms with E-state index in [0.29, 0.717) is 0 Å². The van der Waals surface area contributed by atoms with Crippen molar-refractivity contribution in [3.63, 3.8) is 0 Å². The number of rotatable bonds is 0. The monoisotopic (exact) mass is 399 g/mol. The van der Waals surface area contributed by atoms with Crippen LogP contribution >= 0.6 is 0 Å². The maximum atomic E-state index is 9.51. The first kappa shape index (κ1) is 18.5. The molecule has 0 aliphatic rings. The summed E-state index contributed by atoms with van der Waals surface area (Å²) in [4.78, 5) is 21.0. The fraction of sp³-hybridized carbons (Fsp3) is 0.0526. The van der Waals surface area contributed by atoms with E-state index in [1.54, 1.807) is 24.3 Å². The Morgan fingerprint density at radius 2 is 0.806 bits per heavy atom. The van der Waals surface area contributed by atoms with Crippen LogP contribution in [0.3, 0.4) is 0 Å². The normalized spacial score (nSPS) is 9.90. The second-order valence-electron chi connectivity index (χ2n) is 5.97. The third-order valence-corrected chi connectivity index (χ3v) is 4.44. The van der Waals surface area contributed by atoms with Crippen LogP contribution in [0.25, 0.3) is 33.1 Å². The topological polar surface area (TPSA) is 211 Å². The predicted molar refractivity (Wildman–Crippen MR) is 97.4 cm³/mol. The van der Waals surface area contributed by atoms with Crippen molar-refractivity contribution in [3.8, 4) is 36.4 Å². The van der Waals surface area contributed by atoms with Crippen LogP contribution < -0.4 is 4.57 Å². The van der Waals surface area contributed by atoms with Crippen LogP contribution in [0.5, 0.6) is 0 Å². The minimum atomic E-state index is -0.279. The molecule has 0 amide bonds. The smallest absolute Gasteiger partial charge is 0.230 e. The summed E-state index contributed by atoms with van der Waals surface area (Å²) in [6.45, 7) is 0. The molecule has 0 radical (unpaired) electrons. The van der Waals surface area contributed by atoms with Gasteiger partial charge in [0.05, 0.1) is 0 Å². The molecule has 0 fully saturated rings. The Morgan fingerprint density at radius 3 is 1.16 bits per heavy atom. The van der Waals surface area contributed by atoms with Gasteiger partial charge in [-0.05, 0) is 0 Å². The molecule has 0 N–H and O–H groups in total. The van der Waals surface area contributed by atoms with Gasteiger partial charge < -0.3 is 0 Å². The first-order valence-corrected chi connectivity index (χ1v) is 8.22. The second-order valence-corrected chi connectivity index (χ2v) is 5.97. The molecule has 12 nitrogen and oxygen atoms in total. The van der Waals surface area contributed by atoms with Gasteiger partial charge in [-0.3, -0.25) is 0 Å². The van der Waals surface area contributed by atoms with E-state index in [0.717, 1.165) is 0 Å². The number of hydrogen-bond donors (Lipinski definition) is 0. The fourth-order valence-electron chi connectivity index (χ4n) is 3.13. The molecule has 4 rings (SSSR count). The summed E-state index contributed by atoms with van der Waals surface area (Å²) in [6.07, 6.45) is 0. The molecule has 0 saturated carbocycles. The number of aryl methyl sites for hydroxylation is 1. The number of benzene rings is 1. The average molecular weight is 399 g/mol. The summed E-state index contributed by atoms with van der Waals surface area (Å²) in [7, 11) is 1.49. The molecule has 0 unspecified atom stereocenters. The maximum absolute atomic E-state index is 9.51. The highest BCUT2D eigenvalue weighted by atomic mass is 15.0. The lowest BCUT2D eigenvalue weighted by Crippen LogP contribution is -2.35. The molecule has 3 aromatic heterocycles. The summed E-state index contributed by atoms with van der Waals surface area (Å²) in [5, 5.41) is 56.4. The van der Waals surface area contributed by atoms with Crippen molar-refractivity contribution in [1.82, 2.24) is 24.9 Å². The largest absolute Gasteiger partial charge is 0.320 e. The number of nitriles is 6. The van der Waals surface area contributed by atoms with E-state index in [9.17, 15) is 31.6 Å². The van der Waals surface area contributed by atoms with Crippen molar-refractivity contribution < 1.29 is 4.57 Å². The Bertz CT molecular complexity index is 1700. The molecule has 138 valence electrons.